The molecule has 15 heavy (non-hydrogen) atoms. The van der Waals surface area contributed by atoms with Crippen LogP contribution in [-0.2, 0) is 13.1 Å². The molecule has 2 aromatic rings. The van der Waals surface area contributed by atoms with Crippen molar-refractivity contribution >= 4 is 0 Å². The van der Waals surface area contributed by atoms with Gasteiger partial charge in [-0.25, -0.2) is 4.98 Å². The van der Waals surface area contributed by atoms with Gasteiger partial charge in [0.05, 0.1) is 12.0 Å². The summed E-state index contributed by atoms with van der Waals surface area (Å²) in [6, 6.07) is 8.47. The number of nitrogens with two attached hydrogens (primary N) is 1. The maximum absolute atomic E-state index is 5.62. The molecule has 0 fully saturated rings. The first-order chi connectivity index (χ1) is 7.29. The molecule has 2 N–H and O–H groups in total. The first kappa shape index (κ1) is 9.93. The molecule has 0 saturated heterocycles. The lowest BCUT2D eigenvalue weighted by atomic mass is 10.1. The molecule has 78 valence electrons. The summed E-state index contributed by atoms with van der Waals surface area (Å²) in [6.45, 7) is 3.47. The van der Waals surface area contributed by atoms with Crippen molar-refractivity contribution in [3.8, 4) is 0 Å². The van der Waals surface area contributed by atoms with Crippen molar-refractivity contribution in [1.29, 1.82) is 0 Å². The minimum Gasteiger partial charge on any atom is -0.329 e. The van der Waals surface area contributed by atoms with Gasteiger partial charge in [0.1, 0.15) is 0 Å². The van der Waals surface area contributed by atoms with Gasteiger partial charge in [0.2, 0.25) is 0 Å². The second-order valence-electron chi connectivity index (χ2n) is 3.71. The second-order valence-corrected chi connectivity index (χ2v) is 3.71. The van der Waals surface area contributed by atoms with Crippen molar-refractivity contribution in [2.45, 2.75) is 20.0 Å². The molecule has 0 atom stereocenters. The van der Waals surface area contributed by atoms with Gasteiger partial charge in [-0.15, -0.1) is 0 Å². The summed E-state index contributed by atoms with van der Waals surface area (Å²) in [7, 11) is 0. The summed E-state index contributed by atoms with van der Waals surface area (Å²) in [4.78, 5) is 4.09. The van der Waals surface area contributed by atoms with Gasteiger partial charge in [-0.2, -0.15) is 0 Å². The van der Waals surface area contributed by atoms with Gasteiger partial charge >= 0.3 is 0 Å². The predicted molar refractivity (Wildman–Crippen MR) is 60.4 cm³/mol. The van der Waals surface area contributed by atoms with Crippen LogP contribution in [0.5, 0.6) is 0 Å². The molecule has 1 aromatic heterocycles. The quantitative estimate of drug-likeness (QED) is 0.821. The highest BCUT2D eigenvalue weighted by Gasteiger charge is 2.00. The molecular weight excluding hydrogens is 186 g/mol. The molecule has 0 aliphatic rings. The number of aromatic nitrogens is 2. The topological polar surface area (TPSA) is 43.8 Å². The number of rotatable bonds is 3. The molecule has 0 spiro atoms. The Morgan fingerprint density at radius 1 is 1.40 bits per heavy atom. The number of imidazole rings is 1. The highest BCUT2D eigenvalue weighted by atomic mass is 15.0. The Hall–Kier alpha value is -1.61. The Kier molecular flexibility index (Phi) is 2.83. The van der Waals surface area contributed by atoms with Crippen molar-refractivity contribution < 1.29 is 0 Å². The van der Waals surface area contributed by atoms with Crippen molar-refractivity contribution in [3.63, 3.8) is 0 Å². The fourth-order valence-corrected chi connectivity index (χ4v) is 1.67. The fraction of sp³-hybridized carbons (Fsp3) is 0.250. The average Bonchev–Trinajstić information content (AvgIpc) is 2.65. The summed E-state index contributed by atoms with van der Waals surface area (Å²) in [5.74, 6) is 0. The van der Waals surface area contributed by atoms with E-state index in [1.807, 2.05) is 12.5 Å². The molecule has 2 rings (SSSR count). The zero-order valence-corrected chi connectivity index (χ0v) is 8.85. The van der Waals surface area contributed by atoms with Crippen LogP contribution in [0.3, 0.4) is 0 Å². The van der Waals surface area contributed by atoms with Gasteiger partial charge in [-0.05, 0) is 12.5 Å². The lowest BCUT2D eigenvalue weighted by molar-refractivity contribution is 0.739. The van der Waals surface area contributed by atoms with E-state index in [2.05, 4.69) is 40.7 Å². The Morgan fingerprint density at radius 3 is 3.00 bits per heavy atom. The monoisotopic (exact) mass is 201 g/mol. The van der Waals surface area contributed by atoms with Crippen LogP contribution >= 0.6 is 0 Å². The van der Waals surface area contributed by atoms with E-state index in [9.17, 15) is 0 Å². The van der Waals surface area contributed by atoms with Gasteiger partial charge in [-0.1, -0.05) is 29.8 Å². The van der Waals surface area contributed by atoms with E-state index in [0.717, 1.165) is 12.2 Å². The average molecular weight is 201 g/mol. The van der Waals surface area contributed by atoms with Crippen LogP contribution in [0.4, 0.5) is 0 Å². The molecular formula is C12H15N3. The normalized spacial score (nSPS) is 10.5. The Bertz CT molecular complexity index is 446. The third-order valence-electron chi connectivity index (χ3n) is 2.44. The Labute approximate surface area is 89.6 Å². The first-order valence-electron chi connectivity index (χ1n) is 5.04. The third kappa shape index (κ3) is 2.25. The molecule has 0 amide bonds. The maximum Gasteiger partial charge on any atom is 0.0951 e. The lowest BCUT2D eigenvalue weighted by Gasteiger charge is -2.07. The number of hydrogen-bond acceptors (Lipinski definition) is 2. The van der Waals surface area contributed by atoms with Crippen LogP contribution in [0.15, 0.2) is 36.8 Å². The molecule has 0 saturated carbocycles. The van der Waals surface area contributed by atoms with Crippen LogP contribution in [0.1, 0.15) is 16.8 Å². The molecule has 1 heterocycles. The summed E-state index contributed by atoms with van der Waals surface area (Å²) in [5, 5.41) is 0. The Morgan fingerprint density at radius 2 is 2.27 bits per heavy atom. The smallest absolute Gasteiger partial charge is 0.0951 e. The van der Waals surface area contributed by atoms with Crippen molar-refractivity contribution in [2.24, 2.45) is 5.73 Å². The van der Waals surface area contributed by atoms with Gasteiger partial charge in [0.15, 0.2) is 0 Å². The van der Waals surface area contributed by atoms with Gasteiger partial charge < -0.3 is 10.3 Å². The summed E-state index contributed by atoms with van der Waals surface area (Å²) in [6.07, 6.45) is 3.64. The number of hydrogen-bond donors (Lipinski definition) is 1. The SMILES string of the molecule is Cc1cccc(Cn2cncc2CN)c1. The number of nitrogens with zero attached hydrogens (tertiary/aromatic N) is 2. The standard InChI is InChI=1S/C12H15N3/c1-10-3-2-4-11(5-10)8-15-9-14-7-12(15)6-13/h2-5,7,9H,6,8,13H2,1H3. The maximum atomic E-state index is 5.62. The molecule has 0 bridgehead atoms. The van der Waals surface area contributed by atoms with E-state index in [1.54, 1.807) is 0 Å². The molecule has 0 aliphatic carbocycles. The predicted octanol–water partition coefficient (Wildman–Crippen LogP) is 1.70. The third-order valence-corrected chi connectivity index (χ3v) is 2.44. The van der Waals surface area contributed by atoms with Gasteiger partial charge in [-0.3, -0.25) is 0 Å². The first-order valence-corrected chi connectivity index (χ1v) is 5.04. The molecule has 3 heteroatoms. The van der Waals surface area contributed by atoms with E-state index in [0.29, 0.717) is 6.54 Å². The van der Waals surface area contributed by atoms with E-state index in [4.69, 9.17) is 5.73 Å². The fourth-order valence-electron chi connectivity index (χ4n) is 1.67. The van der Waals surface area contributed by atoms with Crippen LogP contribution in [0.25, 0.3) is 0 Å². The van der Waals surface area contributed by atoms with Crippen LogP contribution in [0.2, 0.25) is 0 Å². The van der Waals surface area contributed by atoms with Crippen molar-refractivity contribution in [2.75, 3.05) is 0 Å². The molecule has 0 aliphatic heterocycles. The van der Waals surface area contributed by atoms with Gasteiger partial charge in [0, 0.05) is 19.3 Å². The molecule has 3 nitrogen and oxygen atoms in total. The highest BCUT2D eigenvalue weighted by Crippen LogP contribution is 2.08. The van der Waals surface area contributed by atoms with Crippen LogP contribution in [-0.4, -0.2) is 9.55 Å². The van der Waals surface area contributed by atoms with E-state index < -0.39 is 0 Å². The lowest BCUT2D eigenvalue weighted by Crippen LogP contribution is -2.07. The van der Waals surface area contributed by atoms with E-state index in [-0.39, 0.29) is 0 Å². The second kappa shape index (κ2) is 4.28. The number of aryl methyl sites for hydroxylation is 1. The molecule has 0 unspecified atom stereocenters. The zero-order chi connectivity index (χ0) is 10.7. The summed E-state index contributed by atoms with van der Waals surface area (Å²) >= 11 is 0. The highest BCUT2D eigenvalue weighted by molar-refractivity contribution is 5.22. The van der Waals surface area contributed by atoms with Crippen molar-refractivity contribution in [1.82, 2.24) is 9.55 Å². The van der Waals surface area contributed by atoms with E-state index >= 15 is 0 Å². The molecule has 1 aromatic carbocycles. The van der Waals surface area contributed by atoms with Crippen LogP contribution < -0.4 is 5.73 Å². The minimum absolute atomic E-state index is 0.534. The molecule has 0 radical (unpaired) electrons. The van der Waals surface area contributed by atoms with Crippen molar-refractivity contribution in [3.05, 3.63) is 53.6 Å². The van der Waals surface area contributed by atoms with E-state index in [1.165, 1.54) is 11.1 Å². The summed E-state index contributed by atoms with van der Waals surface area (Å²) < 4.78 is 2.08. The Balaban J connectivity index is 2.22. The van der Waals surface area contributed by atoms with Gasteiger partial charge in [0.25, 0.3) is 0 Å². The largest absolute Gasteiger partial charge is 0.329 e. The zero-order valence-electron chi connectivity index (χ0n) is 8.85. The number of benzene rings is 1. The van der Waals surface area contributed by atoms with Crippen LogP contribution in [0, 0.1) is 6.92 Å². The summed E-state index contributed by atoms with van der Waals surface area (Å²) in [5.41, 5.74) is 9.24. The minimum atomic E-state index is 0.534.